The van der Waals surface area contributed by atoms with Gasteiger partial charge in [0.05, 0.1) is 16.4 Å². The van der Waals surface area contributed by atoms with Gasteiger partial charge in [0.15, 0.2) is 0 Å². The first-order valence-electron chi connectivity index (χ1n) is 5.55. The van der Waals surface area contributed by atoms with Gasteiger partial charge in [-0.3, -0.25) is 0 Å². The van der Waals surface area contributed by atoms with Crippen molar-refractivity contribution in [1.82, 2.24) is 15.3 Å². The van der Waals surface area contributed by atoms with Crippen LogP contribution in [0.25, 0.3) is 0 Å². The van der Waals surface area contributed by atoms with E-state index in [4.69, 9.17) is 4.42 Å². The lowest BCUT2D eigenvalue weighted by atomic mass is 10.1. The Hall–Kier alpha value is -1.20. The molecular weight excluding hydrogens is 282 g/mol. The fraction of sp³-hybridized carbons (Fsp3) is 0.333. The molecule has 0 aromatic carbocycles. The van der Waals surface area contributed by atoms with E-state index in [9.17, 15) is 0 Å². The molecule has 1 N–H and O–H groups in total. The zero-order valence-electron chi connectivity index (χ0n) is 9.56. The zero-order valence-corrected chi connectivity index (χ0v) is 11.1. The highest BCUT2D eigenvalue weighted by molar-refractivity contribution is 9.10. The molecule has 0 bridgehead atoms. The molecule has 2 aromatic heterocycles. The van der Waals surface area contributed by atoms with Crippen LogP contribution in [0.2, 0.25) is 0 Å². The second kappa shape index (κ2) is 5.93. The molecule has 17 heavy (non-hydrogen) atoms. The van der Waals surface area contributed by atoms with E-state index in [1.165, 1.54) is 0 Å². The normalized spacial score (nSPS) is 12.6. The predicted octanol–water partition coefficient (Wildman–Crippen LogP) is 2.92. The molecule has 1 atom stereocenters. The van der Waals surface area contributed by atoms with Gasteiger partial charge in [-0.25, -0.2) is 9.97 Å². The van der Waals surface area contributed by atoms with Gasteiger partial charge in [0.25, 0.3) is 0 Å². The van der Waals surface area contributed by atoms with Gasteiger partial charge in [0.1, 0.15) is 18.1 Å². The first kappa shape index (κ1) is 12.3. The average molecular weight is 296 g/mol. The number of aromatic nitrogens is 2. The minimum absolute atomic E-state index is 0.0395. The second-order valence-corrected chi connectivity index (χ2v) is 4.51. The highest BCUT2D eigenvalue weighted by atomic mass is 79.9. The number of hydrogen-bond donors (Lipinski definition) is 1. The van der Waals surface area contributed by atoms with Crippen LogP contribution in [0.15, 0.2) is 39.8 Å². The third kappa shape index (κ3) is 2.92. The van der Waals surface area contributed by atoms with Crippen LogP contribution >= 0.6 is 15.9 Å². The summed E-state index contributed by atoms with van der Waals surface area (Å²) in [6, 6.07) is 3.74. The van der Waals surface area contributed by atoms with E-state index in [0.717, 1.165) is 28.9 Å². The van der Waals surface area contributed by atoms with E-state index < -0.39 is 0 Å². The molecule has 2 aromatic rings. The Morgan fingerprint density at radius 3 is 2.94 bits per heavy atom. The molecule has 0 aliphatic rings. The number of furan rings is 1. The molecule has 90 valence electrons. The predicted molar refractivity (Wildman–Crippen MR) is 68.6 cm³/mol. The molecule has 2 rings (SSSR count). The highest BCUT2D eigenvalue weighted by Crippen LogP contribution is 2.28. The Kier molecular flexibility index (Phi) is 4.28. The Bertz CT molecular complexity index is 458. The second-order valence-electron chi connectivity index (χ2n) is 3.65. The SMILES string of the molecule is CCCNC(c1ccncn1)c1occc1Br. The van der Waals surface area contributed by atoms with E-state index in [2.05, 4.69) is 38.1 Å². The van der Waals surface area contributed by atoms with Crippen LogP contribution in [0.5, 0.6) is 0 Å². The molecule has 0 spiro atoms. The van der Waals surface area contributed by atoms with Crippen molar-refractivity contribution in [3.8, 4) is 0 Å². The van der Waals surface area contributed by atoms with Crippen molar-refractivity contribution in [3.63, 3.8) is 0 Å². The number of rotatable bonds is 5. The van der Waals surface area contributed by atoms with Crippen LogP contribution in [-0.4, -0.2) is 16.5 Å². The van der Waals surface area contributed by atoms with Crippen LogP contribution < -0.4 is 5.32 Å². The van der Waals surface area contributed by atoms with E-state index >= 15 is 0 Å². The third-order valence-electron chi connectivity index (χ3n) is 2.41. The molecular formula is C12H14BrN3O. The van der Waals surface area contributed by atoms with Gasteiger partial charge in [-0.2, -0.15) is 0 Å². The minimum Gasteiger partial charge on any atom is -0.466 e. The van der Waals surface area contributed by atoms with E-state index in [1.54, 1.807) is 18.8 Å². The maximum Gasteiger partial charge on any atom is 0.140 e. The van der Waals surface area contributed by atoms with E-state index in [-0.39, 0.29) is 6.04 Å². The van der Waals surface area contributed by atoms with Crippen molar-refractivity contribution < 1.29 is 4.42 Å². The minimum atomic E-state index is -0.0395. The van der Waals surface area contributed by atoms with Gasteiger partial charge < -0.3 is 9.73 Å². The van der Waals surface area contributed by atoms with Crippen LogP contribution in [0.3, 0.4) is 0 Å². The molecule has 0 saturated carbocycles. The highest BCUT2D eigenvalue weighted by Gasteiger charge is 2.20. The van der Waals surface area contributed by atoms with Gasteiger partial charge in [-0.1, -0.05) is 6.92 Å². The largest absolute Gasteiger partial charge is 0.466 e. The van der Waals surface area contributed by atoms with Crippen molar-refractivity contribution in [3.05, 3.63) is 46.8 Å². The summed E-state index contributed by atoms with van der Waals surface area (Å²) in [5.41, 5.74) is 0.907. The summed E-state index contributed by atoms with van der Waals surface area (Å²) in [5, 5.41) is 3.41. The molecule has 0 fully saturated rings. The van der Waals surface area contributed by atoms with Gasteiger partial charge >= 0.3 is 0 Å². The number of hydrogen-bond acceptors (Lipinski definition) is 4. The summed E-state index contributed by atoms with van der Waals surface area (Å²) in [7, 11) is 0. The molecule has 4 nitrogen and oxygen atoms in total. The summed E-state index contributed by atoms with van der Waals surface area (Å²) in [4.78, 5) is 8.21. The monoisotopic (exact) mass is 295 g/mol. The van der Waals surface area contributed by atoms with Crippen molar-refractivity contribution in [2.24, 2.45) is 0 Å². The van der Waals surface area contributed by atoms with Crippen molar-refractivity contribution in [2.75, 3.05) is 6.54 Å². The van der Waals surface area contributed by atoms with Gasteiger partial charge in [-0.15, -0.1) is 0 Å². The van der Waals surface area contributed by atoms with Crippen LogP contribution in [0, 0.1) is 0 Å². The number of nitrogens with one attached hydrogen (secondary N) is 1. The van der Waals surface area contributed by atoms with Gasteiger partial charge in [0, 0.05) is 6.20 Å². The average Bonchev–Trinajstić information content (AvgIpc) is 2.78. The van der Waals surface area contributed by atoms with Gasteiger partial charge in [0.2, 0.25) is 0 Å². The van der Waals surface area contributed by atoms with Crippen LogP contribution in [0.4, 0.5) is 0 Å². The third-order valence-corrected chi connectivity index (χ3v) is 3.06. The summed E-state index contributed by atoms with van der Waals surface area (Å²) in [6.45, 7) is 3.03. The Labute approximate surface area is 109 Å². The van der Waals surface area contributed by atoms with Gasteiger partial charge in [-0.05, 0) is 41.0 Å². The number of nitrogens with zero attached hydrogens (tertiary/aromatic N) is 2. The Balaban J connectivity index is 2.29. The lowest BCUT2D eigenvalue weighted by molar-refractivity contribution is 0.439. The van der Waals surface area contributed by atoms with Crippen LogP contribution in [-0.2, 0) is 0 Å². The Morgan fingerprint density at radius 1 is 1.47 bits per heavy atom. The molecule has 0 saturated heterocycles. The van der Waals surface area contributed by atoms with Crippen LogP contribution in [0.1, 0.15) is 30.8 Å². The summed E-state index contributed by atoms with van der Waals surface area (Å²) in [5.74, 6) is 0.845. The van der Waals surface area contributed by atoms with E-state index in [0.29, 0.717) is 0 Å². The Morgan fingerprint density at radius 2 is 2.35 bits per heavy atom. The number of halogens is 1. The first-order chi connectivity index (χ1) is 8.33. The molecule has 0 aliphatic carbocycles. The fourth-order valence-electron chi connectivity index (χ4n) is 1.60. The van der Waals surface area contributed by atoms with E-state index in [1.807, 2.05) is 12.1 Å². The molecule has 2 heterocycles. The van der Waals surface area contributed by atoms with Crippen molar-refractivity contribution >= 4 is 15.9 Å². The van der Waals surface area contributed by atoms with Crippen molar-refractivity contribution in [2.45, 2.75) is 19.4 Å². The summed E-state index contributed by atoms with van der Waals surface area (Å²) < 4.78 is 6.46. The topological polar surface area (TPSA) is 51.0 Å². The molecule has 0 aliphatic heterocycles. The molecule has 0 amide bonds. The molecule has 1 unspecified atom stereocenters. The first-order valence-corrected chi connectivity index (χ1v) is 6.34. The maximum absolute atomic E-state index is 5.51. The summed E-state index contributed by atoms with van der Waals surface area (Å²) in [6.07, 6.45) is 6.01. The molecule has 5 heteroatoms. The standard InChI is InChI=1S/C12H14BrN3O/c1-2-5-15-11(10-3-6-14-8-16-10)12-9(13)4-7-17-12/h3-4,6-8,11,15H,2,5H2,1H3. The smallest absolute Gasteiger partial charge is 0.140 e. The van der Waals surface area contributed by atoms with Crippen molar-refractivity contribution in [1.29, 1.82) is 0 Å². The summed E-state index contributed by atoms with van der Waals surface area (Å²) >= 11 is 3.48. The lowest BCUT2D eigenvalue weighted by Gasteiger charge is -2.15. The maximum atomic E-state index is 5.51. The molecule has 0 radical (unpaired) electrons. The zero-order chi connectivity index (χ0) is 12.1. The lowest BCUT2D eigenvalue weighted by Crippen LogP contribution is -2.24. The fourth-order valence-corrected chi connectivity index (χ4v) is 2.03. The quantitative estimate of drug-likeness (QED) is 0.921.